The van der Waals surface area contributed by atoms with Crippen molar-refractivity contribution in [2.45, 2.75) is 38.1 Å². The van der Waals surface area contributed by atoms with Crippen molar-refractivity contribution in [1.82, 2.24) is 4.98 Å². The van der Waals surface area contributed by atoms with Gasteiger partial charge in [-0.2, -0.15) is 0 Å². The Labute approximate surface area is 260 Å². The molecule has 0 N–H and O–H groups in total. The molecule has 3 aliphatic heterocycles. The number of rotatable bonds is 8. The maximum absolute atomic E-state index is 7.15. The van der Waals surface area contributed by atoms with Crippen LogP contribution < -0.4 is 0 Å². The normalized spacial score (nSPS) is 23.7. The zero-order chi connectivity index (χ0) is 29.5. The number of pyridine rings is 1. The molecule has 3 nitrogen and oxygen atoms in total. The predicted octanol–water partition coefficient (Wildman–Crippen LogP) is 9.41. The number of benzene rings is 5. The molecule has 9 rings (SSSR count). The first-order valence-electron chi connectivity index (χ1n) is 16.1. The molecule has 5 atom stereocenters. The summed E-state index contributed by atoms with van der Waals surface area (Å²) < 4.78 is 8.17. The summed E-state index contributed by atoms with van der Waals surface area (Å²) in [4.78, 5) is 4.74. The minimum absolute atomic E-state index is 0.0575. The van der Waals surface area contributed by atoms with E-state index in [9.17, 15) is 0 Å². The molecule has 0 amide bonds. The Morgan fingerprint density at radius 2 is 1.50 bits per heavy atom. The van der Waals surface area contributed by atoms with Crippen molar-refractivity contribution in [1.29, 1.82) is 0 Å². The van der Waals surface area contributed by atoms with Gasteiger partial charge in [0, 0.05) is 35.9 Å². The van der Waals surface area contributed by atoms with Crippen LogP contribution in [0.15, 0.2) is 134 Å². The molecule has 0 aliphatic carbocycles. The number of hydrogen-bond donors (Lipinski definition) is 0. The molecule has 1 aromatic heterocycles. The van der Waals surface area contributed by atoms with E-state index in [4.69, 9.17) is 9.72 Å². The molecule has 6 aromatic rings. The summed E-state index contributed by atoms with van der Waals surface area (Å²) in [6.45, 7) is 8.17. The summed E-state index contributed by atoms with van der Waals surface area (Å²) in [5.74, 6) is 1.16. The third-order valence-electron chi connectivity index (χ3n) is 10.6. The number of fused-ring (bicyclic) bond motifs is 6. The first-order valence-corrected chi connectivity index (χ1v) is 16.1. The van der Waals surface area contributed by atoms with Crippen LogP contribution in [0.4, 0.5) is 0 Å². The van der Waals surface area contributed by atoms with Crippen LogP contribution in [0, 0.1) is 11.8 Å². The van der Waals surface area contributed by atoms with Crippen LogP contribution in [-0.2, 0) is 17.9 Å². The summed E-state index contributed by atoms with van der Waals surface area (Å²) in [6.07, 6.45) is 6.53. The monoisotopic (exact) mass is 575 g/mol. The molecule has 0 spiro atoms. The molecule has 44 heavy (non-hydrogen) atoms. The van der Waals surface area contributed by atoms with Gasteiger partial charge in [-0.3, -0.25) is 4.98 Å². The standard InChI is InChI=1S/C41H39N2O/c1-2-30-26-43(27-38-34-16-8-6-14-32(34)24-33-15-7-9-17-35(33)38)23-21-31(30)25-40(43)41(44-28-29-12-4-3-5-13-29)37-20-22-42-39-19-11-10-18-36(37)39/h2-20,22,24,30-31,40-41H,1,21,23,25-28H2/q+1/t30-,31?,40-,41+,43?/m0/s1. The van der Waals surface area contributed by atoms with Gasteiger partial charge in [-0.25, -0.2) is 0 Å². The Morgan fingerprint density at radius 3 is 2.25 bits per heavy atom. The lowest BCUT2D eigenvalue weighted by molar-refractivity contribution is -0.984. The fourth-order valence-corrected chi connectivity index (χ4v) is 8.49. The number of nitrogens with zero attached hydrogens (tertiary/aromatic N) is 2. The second-order valence-corrected chi connectivity index (χ2v) is 13.0. The van der Waals surface area contributed by atoms with E-state index in [2.05, 4.69) is 128 Å². The second kappa shape index (κ2) is 11.3. The summed E-state index contributed by atoms with van der Waals surface area (Å²) in [7, 11) is 0. The van der Waals surface area contributed by atoms with E-state index < -0.39 is 0 Å². The number of quaternary nitrogens is 1. The van der Waals surface area contributed by atoms with Crippen molar-refractivity contribution < 1.29 is 9.22 Å². The molecule has 3 saturated heterocycles. The van der Waals surface area contributed by atoms with Crippen LogP contribution >= 0.6 is 0 Å². The second-order valence-electron chi connectivity index (χ2n) is 13.0. The van der Waals surface area contributed by atoms with Crippen molar-refractivity contribution in [3.63, 3.8) is 0 Å². The van der Waals surface area contributed by atoms with Gasteiger partial charge in [-0.05, 0) is 56.8 Å². The Hall–Kier alpha value is -4.31. The fraction of sp³-hybridized carbons (Fsp3) is 0.244. The highest BCUT2D eigenvalue weighted by atomic mass is 16.5. The van der Waals surface area contributed by atoms with E-state index in [1.807, 2.05) is 6.20 Å². The summed E-state index contributed by atoms with van der Waals surface area (Å²) in [6, 6.07) is 42.0. The molecule has 0 radical (unpaired) electrons. The average Bonchev–Trinajstić information content (AvgIpc) is 3.09. The molecule has 4 heterocycles. The minimum Gasteiger partial charge on any atom is -0.363 e. The van der Waals surface area contributed by atoms with Crippen molar-refractivity contribution in [3.8, 4) is 0 Å². The van der Waals surface area contributed by atoms with E-state index in [1.54, 1.807) is 0 Å². The van der Waals surface area contributed by atoms with Crippen LogP contribution in [0.5, 0.6) is 0 Å². The SMILES string of the molecule is C=C[C@H]1C[N+]2(Cc3c4ccccc4cc4ccccc34)CCC1C[C@H]2[C@H](OCc1ccccc1)c1ccnc2ccccc12. The van der Waals surface area contributed by atoms with Crippen molar-refractivity contribution in [2.24, 2.45) is 11.8 Å². The largest absolute Gasteiger partial charge is 0.363 e. The van der Waals surface area contributed by atoms with Gasteiger partial charge in [-0.15, -0.1) is 6.58 Å². The van der Waals surface area contributed by atoms with Crippen LogP contribution in [0.2, 0.25) is 0 Å². The van der Waals surface area contributed by atoms with E-state index >= 15 is 0 Å². The van der Waals surface area contributed by atoms with Crippen molar-refractivity contribution in [2.75, 3.05) is 13.1 Å². The average molecular weight is 576 g/mol. The number of para-hydroxylation sites is 1. The Balaban J connectivity index is 1.30. The highest BCUT2D eigenvalue weighted by molar-refractivity contribution is 6.02. The zero-order valence-corrected chi connectivity index (χ0v) is 25.2. The summed E-state index contributed by atoms with van der Waals surface area (Å²) >= 11 is 0. The molecule has 3 fully saturated rings. The van der Waals surface area contributed by atoms with Crippen LogP contribution in [0.25, 0.3) is 32.4 Å². The quantitative estimate of drug-likeness (QED) is 0.102. The molecule has 5 aromatic carbocycles. The van der Waals surface area contributed by atoms with Gasteiger partial charge in [0.25, 0.3) is 0 Å². The first kappa shape index (κ1) is 27.3. The Bertz CT molecular complexity index is 1910. The van der Waals surface area contributed by atoms with Gasteiger partial charge in [0.2, 0.25) is 0 Å². The summed E-state index contributed by atoms with van der Waals surface area (Å²) in [5, 5.41) is 6.58. The predicted molar refractivity (Wildman–Crippen MR) is 181 cm³/mol. The molecule has 2 unspecified atom stereocenters. The molecular formula is C41H39N2O+. The van der Waals surface area contributed by atoms with E-state index in [0.717, 1.165) is 36.1 Å². The zero-order valence-electron chi connectivity index (χ0n) is 25.2. The molecule has 2 bridgehead atoms. The number of ether oxygens (including phenoxy) is 1. The smallest absolute Gasteiger partial charge is 0.135 e. The van der Waals surface area contributed by atoms with Gasteiger partial charge in [0.05, 0.1) is 25.2 Å². The highest BCUT2D eigenvalue weighted by Gasteiger charge is 2.55. The highest BCUT2D eigenvalue weighted by Crippen LogP contribution is 2.50. The van der Waals surface area contributed by atoms with E-state index in [0.29, 0.717) is 24.5 Å². The van der Waals surface area contributed by atoms with Crippen molar-refractivity contribution in [3.05, 3.63) is 151 Å². The van der Waals surface area contributed by atoms with Crippen LogP contribution in [0.1, 0.15) is 35.6 Å². The Morgan fingerprint density at radius 1 is 0.818 bits per heavy atom. The van der Waals surface area contributed by atoms with Crippen LogP contribution in [0.3, 0.4) is 0 Å². The van der Waals surface area contributed by atoms with Gasteiger partial charge < -0.3 is 9.22 Å². The van der Waals surface area contributed by atoms with Crippen molar-refractivity contribution >= 4 is 32.4 Å². The molecule has 218 valence electrons. The van der Waals surface area contributed by atoms with Gasteiger partial charge in [-0.1, -0.05) is 103 Å². The van der Waals surface area contributed by atoms with Gasteiger partial charge in [0.1, 0.15) is 18.7 Å². The van der Waals surface area contributed by atoms with E-state index in [1.165, 1.54) is 50.0 Å². The van der Waals surface area contributed by atoms with Gasteiger partial charge in [0.15, 0.2) is 0 Å². The van der Waals surface area contributed by atoms with Gasteiger partial charge >= 0.3 is 0 Å². The number of piperidine rings is 3. The molecule has 3 aliphatic rings. The Kier molecular flexibility index (Phi) is 7.01. The topological polar surface area (TPSA) is 22.1 Å². The number of aromatic nitrogens is 1. The summed E-state index contributed by atoms with van der Waals surface area (Å²) in [5.41, 5.74) is 4.97. The lowest BCUT2D eigenvalue weighted by atomic mass is 9.70. The first-order chi connectivity index (χ1) is 21.7. The molecule has 3 heteroatoms. The minimum atomic E-state index is -0.0575. The maximum atomic E-state index is 7.15. The third kappa shape index (κ3) is 4.72. The third-order valence-corrected chi connectivity index (χ3v) is 10.6. The lowest BCUT2D eigenvalue weighted by Gasteiger charge is -2.58. The van der Waals surface area contributed by atoms with E-state index in [-0.39, 0.29) is 6.10 Å². The molecular weight excluding hydrogens is 536 g/mol. The maximum Gasteiger partial charge on any atom is 0.135 e. The molecule has 0 saturated carbocycles. The van der Waals surface area contributed by atoms with Crippen LogP contribution in [-0.4, -0.2) is 28.6 Å². The lowest BCUT2D eigenvalue weighted by Crippen LogP contribution is -2.67. The number of hydrogen-bond acceptors (Lipinski definition) is 2. The fourth-order valence-electron chi connectivity index (χ4n) is 8.49.